The molecule has 1 N–H and O–H groups in total. The number of esters is 1. The summed E-state index contributed by atoms with van der Waals surface area (Å²) in [6.45, 7) is 1.72. The fraction of sp³-hybridized carbons (Fsp3) is 0.619. The molecule has 4 bridgehead atoms. The molecule has 0 heterocycles. The molecule has 0 saturated heterocycles. The fourth-order valence-electron chi connectivity index (χ4n) is 5.84. The summed E-state index contributed by atoms with van der Waals surface area (Å²) in [6.07, 6.45) is 6.44. The maximum Gasteiger partial charge on any atom is 0.326 e. The van der Waals surface area contributed by atoms with Crippen molar-refractivity contribution in [3.8, 4) is 0 Å². The third-order valence-corrected chi connectivity index (χ3v) is 6.91. The number of hydrogen-bond acceptors (Lipinski definition) is 3. The number of nitrogens with one attached hydrogen (secondary N) is 1. The van der Waals surface area contributed by atoms with Gasteiger partial charge < -0.3 is 10.1 Å². The van der Waals surface area contributed by atoms with Gasteiger partial charge in [0.25, 0.3) is 0 Å². The highest BCUT2D eigenvalue weighted by Gasteiger charge is 2.54. The van der Waals surface area contributed by atoms with Gasteiger partial charge in [-0.1, -0.05) is 29.8 Å². The van der Waals surface area contributed by atoms with Crippen molar-refractivity contribution in [1.82, 2.24) is 5.32 Å². The van der Waals surface area contributed by atoms with E-state index in [4.69, 9.17) is 16.3 Å². The van der Waals surface area contributed by atoms with E-state index in [-0.39, 0.29) is 17.9 Å². The van der Waals surface area contributed by atoms with E-state index in [1.54, 1.807) is 13.0 Å². The lowest BCUT2D eigenvalue weighted by molar-refractivity contribution is -0.153. The number of benzene rings is 1. The summed E-state index contributed by atoms with van der Waals surface area (Å²) in [7, 11) is 0. The van der Waals surface area contributed by atoms with Crippen LogP contribution >= 0.6 is 11.6 Å². The summed E-state index contributed by atoms with van der Waals surface area (Å²) in [5.74, 6) is 1.76. The van der Waals surface area contributed by atoms with Crippen molar-refractivity contribution in [1.29, 1.82) is 0 Å². The van der Waals surface area contributed by atoms with Gasteiger partial charge in [-0.15, -0.1) is 0 Å². The van der Waals surface area contributed by atoms with E-state index in [9.17, 15) is 9.59 Å². The monoisotopic (exact) mass is 375 g/mol. The standard InChI is InChI=1S/C21H26ClNO3/c1-13(17-4-2-3-5-18(17)22)26-19(24)12-23-20(25)21-9-14-6-15(10-21)8-16(7-14)11-21/h2-5,13-16H,6-12H2,1H3,(H,23,25)/t13-,14?,15?,16?,21?/m1/s1. The molecule has 26 heavy (non-hydrogen) atoms. The summed E-state index contributed by atoms with van der Waals surface area (Å²) in [5.41, 5.74) is 0.540. The quantitative estimate of drug-likeness (QED) is 0.781. The van der Waals surface area contributed by atoms with E-state index in [1.165, 1.54) is 19.3 Å². The topological polar surface area (TPSA) is 55.4 Å². The van der Waals surface area contributed by atoms with Gasteiger partial charge in [0.2, 0.25) is 5.91 Å². The first-order valence-electron chi connectivity index (χ1n) is 9.67. The first kappa shape index (κ1) is 17.8. The van der Waals surface area contributed by atoms with Gasteiger partial charge in [-0.2, -0.15) is 0 Å². The van der Waals surface area contributed by atoms with Gasteiger partial charge in [0.15, 0.2) is 0 Å². The van der Waals surface area contributed by atoms with E-state index in [2.05, 4.69) is 5.32 Å². The number of halogens is 1. The van der Waals surface area contributed by atoms with Crippen LogP contribution in [0.5, 0.6) is 0 Å². The van der Waals surface area contributed by atoms with Gasteiger partial charge in [0, 0.05) is 16.0 Å². The van der Waals surface area contributed by atoms with E-state index in [1.807, 2.05) is 18.2 Å². The minimum Gasteiger partial charge on any atom is -0.456 e. The average molecular weight is 376 g/mol. The van der Waals surface area contributed by atoms with Crippen molar-refractivity contribution in [2.24, 2.45) is 23.2 Å². The second kappa shape index (κ2) is 6.88. The normalized spacial score (nSPS) is 32.9. The summed E-state index contributed by atoms with van der Waals surface area (Å²) < 4.78 is 5.45. The molecule has 0 aromatic heterocycles. The first-order chi connectivity index (χ1) is 12.4. The van der Waals surface area contributed by atoms with Crippen molar-refractivity contribution in [3.05, 3.63) is 34.9 Å². The Kier molecular flexibility index (Phi) is 4.72. The third-order valence-electron chi connectivity index (χ3n) is 6.56. The predicted octanol–water partition coefficient (Wildman–Crippen LogP) is 4.28. The lowest BCUT2D eigenvalue weighted by atomic mass is 9.49. The van der Waals surface area contributed by atoms with Crippen LogP contribution in [-0.2, 0) is 14.3 Å². The fourth-order valence-corrected chi connectivity index (χ4v) is 6.13. The second-order valence-electron chi connectivity index (χ2n) is 8.53. The Labute approximate surface area is 159 Å². The molecule has 1 aromatic carbocycles. The zero-order valence-electron chi connectivity index (χ0n) is 15.2. The highest BCUT2D eigenvalue weighted by atomic mass is 35.5. The number of ether oxygens (including phenoxy) is 1. The Morgan fingerprint density at radius 1 is 1.15 bits per heavy atom. The average Bonchev–Trinajstić information content (AvgIpc) is 2.58. The largest absolute Gasteiger partial charge is 0.456 e. The number of carbonyl (C=O) groups excluding carboxylic acids is 2. The minimum atomic E-state index is -0.437. The molecule has 1 amide bonds. The van der Waals surface area contributed by atoms with Crippen LogP contribution in [-0.4, -0.2) is 18.4 Å². The summed E-state index contributed by atoms with van der Waals surface area (Å²) in [4.78, 5) is 25.1. The second-order valence-corrected chi connectivity index (χ2v) is 8.94. The van der Waals surface area contributed by atoms with Crippen LogP contribution in [0.3, 0.4) is 0 Å². The molecule has 1 atom stereocenters. The zero-order chi connectivity index (χ0) is 18.3. The lowest BCUT2D eigenvalue weighted by Crippen LogP contribution is -2.54. The molecule has 0 radical (unpaired) electrons. The van der Waals surface area contributed by atoms with Crippen LogP contribution in [0, 0.1) is 23.2 Å². The van der Waals surface area contributed by atoms with Crippen LogP contribution in [0.1, 0.15) is 57.1 Å². The summed E-state index contributed by atoms with van der Waals surface area (Å²) in [6, 6.07) is 7.32. The van der Waals surface area contributed by atoms with E-state index in [0.29, 0.717) is 22.8 Å². The molecular formula is C21H26ClNO3. The van der Waals surface area contributed by atoms with Crippen molar-refractivity contribution in [2.75, 3.05) is 6.54 Å². The van der Waals surface area contributed by atoms with Crippen molar-refractivity contribution < 1.29 is 14.3 Å². The molecule has 1 aromatic rings. The Morgan fingerprint density at radius 2 is 1.73 bits per heavy atom. The SMILES string of the molecule is C[C@@H](OC(=O)CNC(=O)C12CC3CC(CC(C3)C1)C2)c1ccccc1Cl. The zero-order valence-corrected chi connectivity index (χ0v) is 15.9. The maximum atomic E-state index is 12.9. The highest BCUT2D eigenvalue weighted by molar-refractivity contribution is 6.31. The Morgan fingerprint density at radius 3 is 2.31 bits per heavy atom. The molecule has 0 spiro atoms. The van der Waals surface area contributed by atoms with Gasteiger partial charge in [-0.25, -0.2) is 0 Å². The molecule has 4 saturated carbocycles. The molecule has 4 aliphatic carbocycles. The van der Waals surface area contributed by atoms with Crippen LogP contribution in [0.25, 0.3) is 0 Å². The number of amides is 1. The van der Waals surface area contributed by atoms with Crippen LogP contribution < -0.4 is 5.32 Å². The number of carbonyl (C=O) groups is 2. The molecule has 0 unspecified atom stereocenters. The van der Waals surface area contributed by atoms with E-state index in [0.717, 1.165) is 24.8 Å². The van der Waals surface area contributed by atoms with Crippen molar-refractivity contribution in [2.45, 2.75) is 51.6 Å². The van der Waals surface area contributed by atoms with Crippen LogP contribution in [0.15, 0.2) is 24.3 Å². The molecule has 4 fully saturated rings. The van der Waals surface area contributed by atoms with Gasteiger partial charge in [-0.3, -0.25) is 9.59 Å². The Hall–Kier alpha value is -1.55. The third kappa shape index (κ3) is 3.36. The van der Waals surface area contributed by atoms with Crippen LogP contribution in [0.2, 0.25) is 5.02 Å². The highest BCUT2D eigenvalue weighted by Crippen LogP contribution is 2.60. The molecular weight excluding hydrogens is 350 g/mol. The predicted molar refractivity (Wildman–Crippen MR) is 99.6 cm³/mol. The summed E-state index contributed by atoms with van der Waals surface area (Å²) in [5, 5.41) is 3.44. The first-order valence-corrected chi connectivity index (χ1v) is 10.1. The van der Waals surface area contributed by atoms with Gasteiger partial charge in [0.05, 0.1) is 0 Å². The lowest BCUT2D eigenvalue weighted by Gasteiger charge is -2.55. The van der Waals surface area contributed by atoms with Gasteiger partial charge in [-0.05, 0) is 69.3 Å². The van der Waals surface area contributed by atoms with E-state index >= 15 is 0 Å². The molecule has 140 valence electrons. The van der Waals surface area contributed by atoms with Crippen molar-refractivity contribution in [3.63, 3.8) is 0 Å². The summed E-state index contributed by atoms with van der Waals surface area (Å²) >= 11 is 6.15. The molecule has 0 aliphatic heterocycles. The van der Waals surface area contributed by atoms with Crippen molar-refractivity contribution >= 4 is 23.5 Å². The van der Waals surface area contributed by atoms with Gasteiger partial charge in [0.1, 0.15) is 12.6 Å². The molecule has 5 heteroatoms. The molecule has 5 rings (SSSR count). The van der Waals surface area contributed by atoms with E-state index < -0.39 is 12.1 Å². The molecule has 4 nitrogen and oxygen atoms in total. The maximum absolute atomic E-state index is 12.9. The Balaban J connectivity index is 1.32. The molecule has 4 aliphatic rings. The van der Waals surface area contributed by atoms with Crippen LogP contribution in [0.4, 0.5) is 0 Å². The smallest absolute Gasteiger partial charge is 0.326 e. The minimum absolute atomic E-state index is 0.0546. The Bertz CT molecular complexity index is 682. The number of hydrogen-bond donors (Lipinski definition) is 1. The number of rotatable bonds is 5. The van der Waals surface area contributed by atoms with Gasteiger partial charge >= 0.3 is 5.97 Å².